The second kappa shape index (κ2) is 7.50. The van der Waals surface area contributed by atoms with Crippen molar-refractivity contribution in [2.24, 2.45) is 11.8 Å². The molecule has 0 unspecified atom stereocenters. The van der Waals surface area contributed by atoms with E-state index in [2.05, 4.69) is 0 Å². The summed E-state index contributed by atoms with van der Waals surface area (Å²) >= 11 is 0. The smallest absolute Gasteiger partial charge is 0.266 e. The largest absolute Gasteiger partial charge is 0.296 e. The molecule has 1 aliphatic heterocycles. The monoisotopic (exact) mass is 435 g/mol. The Morgan fingerprint density at radius 1 is 0.862 bits per heavy atom. The van der Waals surface area contributed by atoms with E-state index in [0.717, 1.165) is 17.5 Å². The van der Waals surface area contributed by atoms with Crippen molar-refractivity contribution in [1.29, 1.82) is 0 Å². The van der Waals surface area contributed by atoms with Gasteiger partial charge in [0.2, 0.25) is 10.0 Å². The molecule has 0 radical (unpaired) electrons. The van der Waals surface area contributed by atoms with Crippen molar-refractivity contribution in [1.82, 2.24) is 4.31 Å². The van der Waals surface area contributed by atoms with Crippen LogP contribution in [0.15, 0.2) is 58.3 Å². The van der Waals surface area contributed by atoms with E-state index in [9.17, 15) is 16.8 Å². The maximum Gasteiger partial charge on any atom is 0.296 e. The van der Waals surface area contributed by atoms with Crippen LogP contribution < -0.4 is 0 Å². The second-order valence-corrected chi connectivity index (χ2v) is 11.6. The molecule has 156 valence electrons. The van der Waals surface area contributed by atoms with Crippen molar-refractivity contribution in [3.63, 3.8) is 0 Å². The fraction of sp³-hybridized carbons (Fsp3) is 0.429. The van der Waals surface area contributed by atoms with Crippen molar-refractivity contribution in [3.8, 4) is 0 Å². The third-order valence-electron chi connectivity index (χ3n) is 6.01. The highest BCUT2D eigenvalue weighted by atomic mass is 32.2. The molecule has 1 heterocycles. The molecule has 3 atom stereocenters. The minimum absolute atomic E-state index is 0.0460. The molecular formula is C21H25NO5S2. The first kappa shape index (κ1) is 20.5. The fourth-order valence-electron chi connectivity index (χ4n) is 4.31. The van der Waals surface area contributed by atoms with E-state index in [1.807, 2.05) is 13.8 Å². The molecule has 2 aliphatic rings. The zero-order chi connectivity index (χ0) is 20.8. The van der Waals surface area contributed by atoms with Crippen molar-refractivity contribution >= 4 is 20.1 Å². The quantitative estimate of drug-likeness (QED) is 0.652. The molecule has 2 aromatic carbocycles. The van der Waals surface area contributed by atoms with Crippen molar-refractivity contribution in [2.75, 3.05) is 13.2 Å². The molecule has 0 spiro atoms. The number of piperidine rings is 1. The molecule has 1 saturated heterocycles. The van der Waals surface area contributed by atoms with E-state index in [1.165, 1.54) is 0 Å². The molecule has 2 aromatic rings. The van der Waals surface area contributed by atoms with Crippen LogP contribution in [0, 0.1) is 25.7 Å². The van der Waals surface area contributed by atoms with Gasteiger partial charge in [0.1, 0.15) is 0 Å². The number of nitrogens with zero attached hydrogens (tertiary/aromatic N) is 1. The van der Waals surface area contributed by atoms with Crippen molar-refractivity contribution in [2.45, 2.75) is 42.5 Å². The molecule has 1 saturated carbocycles. The normalized spacial score (nSPS) is 24.8. The summed E-state index contributed by atoms with van der Waals surface area (Å²) in [4.78, 5) is 0.459. The fourth-order valence-corrected chi connectivity index (χ4v) is 6.98. The third-order valence-corrected chi connectivity index (χ3v) is 9.24. The summed E-state index contributed by atoms with van der Waals surface area (Å²) in [5, 5.41) is 0. The highest BCUT2D eigenvalue weighted by molar-refractivity contribution is 7.89. The summed E-state index contributed by atoms with van der Waals surface area (Å²) in [6.07, 6.45) is 1.38. The van der Waals surface area contributed by atoms with Gasteiger partial charge in [0.15, 0.2) is 0 Å². The first-order valence-corrected chi connectivity index (χ1v) is 12.6. The number of hydrogen-bond donors (Lipinski definition) is 0. The van der Waals surface area contributed by atoms with Crippen LogP contribution in [0.4, 0.5) is 0 Å². The van der Waals surface area contributed by atoms with Crippen molar-refractivity contribution in [3.05, 3.63) is 59.7 Å². The van der Waals surface area contributed by atoms with Gasteiger partial charge in [-0.2, -0.15) is 12.7 Å². The molecule has 0 amide bonds. The Labute approximate surface area is 172 Å². The van der Waals surface area contributed by atoms with Crippen LogP contribution in [0.5, 0.6) is 0 Å². The predicted octanol–water partition coefficient (Wildman–Crippen LogP) is 3.11. The summed E-state index contributed by atoms with van der Waals surface area (Å²) in [5.41, 5.74) is 1.99. The molecule has 4 rings (SSSR count). The maximum absolute atomic E-state index is 13.0. The van der Waals surface area contributed by atoms with Crippen LogP contribution >= 0.6 is 0 Å². The van der Waals surface area contributed by atoms with Gasteiger partial charge in [0.25, 0.3) is 10.1 Å². The highest BCUT2D eigenvalue weighted by Gasteiger charge is 2.49. The van der Waals surface area contributed by atoms with Crippen LogP contribution in [0.1, 0.15) is 24.0 Å². The third kappa shape index (κ3) is 3.99. The molecule has 6 nitrogen and oxygen atoms in total. The first-order chi connectivity index (χ1) is 13.7. The van der Waals surface area contributed by atoms with Gasteiger partial charge < -0.3 is 0 Å². The Morgan fingerprint density at radius 3 is 1.93 bits per heavy atom. The maximum atomic E-state index is 13.0. The van der Waals surface area contributed by atoms with Crippen LogP contribution in [-0.2, 0) is 24.3 Å². The minimum Gasteiger partial charge on any atom is -0.266 e. The molecule has 0 aromatic heterocycles. The molecule has 1 aliphatic carbocycles. The zero-order valence-electron chi connectivity index (χ0n) is 16.5. The van der Waals surface area contributed by atoms with Crippen LogP contribution in [0.2, 0.25) is 0 Å². The van der Waals surface area contributed by atoms with Gasteiger partial charge in [0, 0.05) is 12.6 Å². The lowest BCUT2D eigenvalue weighted by molar-refractivity contribution is 0.180. The van der Waals surface area contributed by atoms with Crippen molar-refractivity contribution < 1.29 is 21.0 Å². The Morgan fingerprint density at radius 2 is 1.41 bits per heavy atom. The van der Waals surface area contributed by atoms with Gasteiger partial charge in [-0.05, 0) is 62.8 Å². The van der Waals surface area contributed by atoms with Crippen LogP contribution in [0.3, 0.4) is 0 Å². The van der Waals surface area contributed by atoms with E-state index in [4.69, 9.17) is 4.18 Å². The number of hydrogen-bond acceptors (Lipinski definition) is 5. The second-order valence-electron chi connectivity index (χ2n) is 8.08. The summed E-state index contributed by atoms with van der Waals surface area (Å²) in [7, 11) is -7.33. The van der Waals surface area contributed by atoms with E-state index < -0.39 is 20.1 Å². The molecule has 8 heteroatoms. The predicted molar refractivity (Wildman–Crippen MR) is 109 cm³/mol. The topological polar surface area (TPSA) is 80.8 Å². The summed E-state index contributed by atoms with van der Waals surface area (Å²) in [5.74, 6) is 0.165. The number of rotatable bonds is 6. The Bertz CT molecular complexity index is 1090. The van der Waals surface area contributed by atoms with Crippen LogP contribution in [0.25, 0.3) is 0 Å². The lowest BCUT2D eigenvalue weighted by Crippen LogP contribution is -2.41. The molecule has 29 heavy (non-hydrogen) atoms. The van der Waals surface area contributed by atoms with Gasteiger partial charge in [-0.1, -0.05) is 35.4 Å². The Kier molecular flexibility index (Phi) is 5.31. The van der Waals surface area contributed by atoms with Gasteiger partial charge >= 0.3 is 0 Å². The van der Waals surface area contributed by atoms with Crippen LogP contribution in [-0.4, -0.2) is 40.3 Å². The van der Waals surface area contributed by atoms with Gasteiger partial charge in [-0.25, -0.2) is 8.42 Å². The molecule has 2 fully saturated rings. The average Bonchev–Trinajstić information content (AvgIpc) is 3.28. The zero-order valence-corrected chi connectivity index (χ0v) is 18.1. The molecule has 0 N–H and O–H groups in total. The SMILES string of the molecule is Cc1ccc(S(=O)(=O)OC[C@@H]2C[C@H]3C[C@@H]2CN3S(=O)(=O)c2ccc(C)cc2)cc1. The number of sulfonamides is 1. The molecule has 2 bridgehead atoms. The van der Waals surface area contributed by atoms with E-state index in [-0.39, 0.29) is 29.4 Å². The van der Waals surface area contributed by atoms with E-state index in [1.54, 1.807) is 52.8 Å². The number of fused-ring (bicyclic) bond motifs is 2. The standard InChI is InChI=1S/C21H25NO5S2/c1-15-3-7-20(8-4-15)28(23,24)22-13-17-11-19(22)12-18(17)14-27-29(25,26)21-9-5-16(2)6-10-21/h3-10,17-19H,11-14H2,1-2H3/t17-,18+,19-/m1/s1. The van der Waals surface area contributed by atoms with E-state index >= 15 is 0 Å². The van der Waals surface area contributed by atoms with Gasteiger partial charge in [-0.15, -0.1) is 0 Å². The Balaban J connectivity index is 1.40. The molecular weight excluding hydrogens is 410 g/mol. The highest BCUT2D eigenvalue weighted by Crippen LogP contribution is 2.44. The Hall–Kier alpha value is -1.74. The first-order valence-electron chi connectivity index (χ1n) is 9.71. The van der Waals surface area contributed by atoms with E-state index in [0.29, 0.717) is 17.9 Å². The summed E-state index contributed by atoms with van der Waals surface area (Å²) < 4.78 is 57.7. The average molecular weight is 436 g/mol. The number of benzene rings is 2. The van der Waals surface area contributed by atoms with Gasteiger partial charge in [-0.3, -0.25) is 4.18 Å². The lowest BCUT2D eigenvalue weighted by atomic mass is 9.96. The summed E-state index contributed by atoms with van der Waals surface area (Å²) in [6.45, 7) is 4.32. The number of aryl methyl sites for hydroxylation is 2. The van der Waals surface area contributed by atoms with Gasteiger partial charge in [0.05, 0.1) is 16.4 Å². The minimum atomic E-state index is -3.80. The lowest BCUT2D eigenvalue weighted by Gasteiger charge is -2.30. The summed E-state index contributed by atoms with van der Waals surface area (Å²) in [6, 6.07) is 13.4.